The van der Waals surface area contributed by atoms with Crippen molar-refractivity contribution in [2.75, 3.05) is 0 Å². The minimum absolute atomic E-state index is 0. The first kappa shape index (κ1) is 28.9. The molecule has 6 nitrogen and oxygen atoms in total. The SMILES string of the molecule is CC(=O)/C=C(/C)[O-].CC(=O)/C=C(\C)[O-].CC(=O)/C=C(\C)[O-].[La+3]. The van der Waals surface area contributed by atoms with Gasteiger partial charge in [0.15, 0.2) is 17.3 Å². The van der Waals surface area contributed by atoms with Gasteiger partial charge in [0.1, 0.15) is 0 Å². The minimum atomic E-state index is -0.187. The number of allylic oxidation sites excluding steroid dienone is 6. The summed E-state index contributed by atoms with van der Waals surface area (Å²) in [5, 5.41) is 29.9. The van der Waals surface area contributed by atoms with Crippen LogP contribution in [0.15, 0.2) is 35.5 Å². The van der Waals surface area contributed by atoms with Gasteiger partial charge in [0.05, 0.1) is 0 Å². The van der Waals surface area contributed by atoms with E-state index in [0.717, 1.165) is 18.2 Å². The maximum atomic E-state index is 9.98. The van der Waals surface area contributed by atoms with Gasteiger partial charge in [-0.25, -0.2) is 0 Å². The molecule has 0 spiro atoms. The molecule has 0 saturated heterocycles. The van der Waals surface area contributed by atoms with Gasteiger partial charge >= 0.3 is 35.6 Å². The number of hydrogen-bond acceptors (Lipinski definition) is 6. The van der Waals surface area contributed by atoms with Crippen molar-refractivity contribution < 1.29 is 65.3 Å². The summed E-state index contributed by atoms with van der Waals surface area (Å²) in [6, 6.07) is 0. The predicted molar refractivity (Wildman–Crippen MR) is 73.3 cm³/mol. The molecule has 0 amide bonds. The van der Waals surface area contributed by atoms with Crippen molar-refractivity contribution in [3.8, 4) is 0 Å². The smallest absolute Gasteiger partial charge is 0.876 e. The number of ketones is 3. The van der Waals surface area contributed by atoms with Crippen LogP contribution in [0.4, 0.5) is 0 Å². The van der Waals surface area contributed by atoms with Crippen LogP contribution < -0.4 is 15.3 Å². The number of hydrogen-bond donors (Lipinski definition) is 0. The monoisotopic (exact) mass is 436 g/mol. The quantitative estimate of drug-likeness (QED) is 0.435. The molecule has 120 valence electrons. The van der Waals surface area contributed by atoms with Gasteiger partial charge in [0.2, 0.25) is 0 Å². The van der Waals surface area contributed by atoms with Crippen molar-refractivity contribution in [2.45, 2.75) is 41.5 Å². The van der Waals surface area contributed by atoms with Gasteiger partial charge < -0.3 is 15.3 Å². The third-order valence-corrected chi connectivity index (χ3v) is 1.22. The zero-order valence-electron chi connectivity index (χ0n) is 13.8. The van der Waals surface area contributed by atoms with Gasteiger partial charge in [-0.15, -0.1) is 17.3 Å². The second-order valence-corrected chi connectivity index (χ2v) is 4.10. The molecule has 0 aromatic rings. The van der Waals surface area contributed by atoms with Crippen LogP contribution in [0.3, 0.4) is 0 Å². The Balaban J connectivity index is -0.000000108. The molecule has 0 aromatic heterocycles. The van der Waals surface area contributed by atoms with Crippen LogP contribution in [-0.2, 0) is 14.4 Å². The Morgan fingerprint density at radius 2 is 0.682 bits per heavy atom. The molecule has 0 unspecified atom stereocenters. The van der Waals surface area contributed by atoms with Crippen molar-refractivity contribution >= 4 is 17.3 Å². The summed E-state index contributed by atoms with van der Waals surface area (Å²) in [4.78, 5) is 29.9. The van der Waals surface area contributed by atoms with Crippen molar-refractivity contribution in [3.63, 3.8) is 0 Å². The van der Waals surface area contributed by atoms with E-state index in [4.69, 9.17) is 0 Å². The Morgan fingerprint density at radius 1 is 0.545 bits per heavy atom. The van der Waals surface area contributed by atoms with E-state index in [2.05, 4.69) is 0 Å². The van der Waals surface area contributed by atoms with Crippen LogP contribution in [-0.4, -0.2) is 17.3 Å². The van der Waals surface area contributed by atoms with E-state index in [1.807, 2.05) is 0 Å². The minimum Gasteiger partial charge on any atom is -0.876 e. The predicted octanol–water partition coefficient (Wildman–Crippen LogP) is -0.481. The topological polar surface area (TPSA) is 120 Å². The van der Waals surface area contributed by atoms with Crippen molar-refractivity contribution in [1.82, 2.24) is 0 Å². The molecular formula is C15H21LaO6. The molecule has 0 bridgehead atoms. The average molecular weight is 436 g/mol. The van der Waals surface area contributed by atoms with Crippen LogP contribution in [0.5, 0.6) is 0 Å². The zero-order valence-corrected chi connectivity index (χ0v) is 17.4. The summed E-state index contributed by atoms with van der Waals surface area (Å²) in [5.41, 5.74) is 0. The van der Waals surface area contributed by atoms with Gasteiger partial charge in [0.25, 0.3) is 0 Å². The molecule has 0 saturated carbocycles. The number of carbonyl (C=O) groups is 3. The Labute approximate surface area is 159 Å². The molecule has 0 rings (SSSR count). The van der Waals surface area contributed by atoms with E-state index in [9.17, 15) is 29.7 Å². The fraction of sp³-hybridized carbons (Fsp3) is 0.400. The summed E-state index contributed by atoms with van der Waals surface area (Å²) in [7, 11) is 0. The van der Waals surface area contributed by atoms with Crippen LogP contribution in [0.1, 0.15) is 41.5 Å². The van der Waals surface area contributed by atoms with Gasteiger partial charge in [0, 0.05) is 0 Å². The zero-order chi connectivity index (χ0) is 17.6. The molecule has 0 aliphatic carbocycles. The number of carbonyl (C=O) groups excluding carboxylic acids is 3. The largest absolute Gasteiger partial charge is 3.00 e. The Hall–Kier alpha value is -1.18. The summed E-state index contributed by atoms with van der Waals surface area (Å²) in [6.45, 7) is 8.09. The first-order valence-electron chi connectivity index (χ1n) is 5.96. The molecule has 0 fully saturated rings. The fourth-order valence-corrected chi connectivity index (χ4v) is 0.859. The molecule has 0 aliphatic rings. The summed E-state index contributed by atoms with van der Waals surface area (Å²) >= 11 is 0. The van der Waals surface area contributed by atoms with Crippen LogP contribution >= 0.6 is 0 Å². The second-order valence-electron chi connectivity index (χ2n) is 4.10. The Kier molecular flexibility index (Phi) is 23.5. The van der Waals surface area contributed by atoms with E-state index in [1.54, 1.807) is 0 Å². The van der Waals surface area contributed by atoms with Crippen molar-refractivity contribution in [1.29, 1.82) is 0 Å². The van der Waals surface area contributed by atoms with Crippen molar-refractivity contribution in [2.24, 2.45) is 0 Å². The van der Waals surface area contributed by atoms with Crippen LogP contribution in [0, 0.1) is 35.6 Å². The fourth-order valence-electron chi connectivity index (χ4n) is 0.859. The molecule has 0 radical (unpaired) electrons. The maximum absolute atomic E-state index is 9.98. The Morgan fingerprint density at radius 3 is 0.682 bits per heavy atom. The standard InChI is InChI=1S/3C5H8O2.La/c3*1-4(6)3-5(2)7;/h3*3,6H,1-2H3;/q;;;+3/p-3/b2*4-3+;4-3-;. The maximum Gasteiger partial charge on any atom is 3.00 e. The van der Waals surface area contributed by atoms with Crippen LogP contribution in [0.2, 0.25) is 0 Å². The molecule has 22 heavy (non-hydrogen) atoms. The summed E-state index contributed by atoms with van der Waals surface area (Å²) in [5.74, 6) is -1.12. The van der Waals surface area contributed by atoms with E-state index in [-0.39, 0.29) is 70.2 Å². The second kappa shape index (κ2) is 17.9. The molecule has 0 aliphatic heterocycles. The molecule has 0 N–H and O–H groups in total. The molecule has 0 atom stereocenters. The summed E-state index contributed by atoms with van der Waals surface area (Å²) < 4.78 is 0. The van der Waals surface area contributed by atoms with E-state index >= 15 is 0 Å². The average Bonchev–Trinajstić information content (AvgIpc) is 2.10. The molecule has 0 aromatic carbocycles. The molecule has 0 heterocycles. The van der Waals surface area contributed by atoms with E-state index < -0.39 is 0 Å². The van der Waals surface area contributed by atoms with Gasteiger partial charge in [-0.1, -0.05) is 20.8 Å². The Bertz CT molecular complexity index is 368. The first-order chi connectivity index (χ1) is 9.38. The van der Waals surface area contributed by atoms with E-state index in [0.29, 0.717) is 0 Å². The molecular weight excluding hydrogens is 415 g/mol. The number of rotatable bonds is 3. The third-order valence-electron chi connectivity index (χ3n) is 1.22. The van der Waals surface area contributed by atoms with Crippen molar-refractivity contribution in [3.05, 3.63) is 35.5 Å². The summed E-state index contributed by atoms with van der Waals surface area (Å²) in [6.07, 6.45) is 3.17. The molecule has 7 heteroatoms. The van der Waals surface area contributed by atoms with Crippen LogP contribution in [0.25, 0.3) is 0 Å². The van der Waals surface area contributed by atoms with E-state index in [1.165, 1.54) is 41.5 Å². The third kappa shape index (κ3) is 51.0. The van der Waals surface area contributed by atoms with Gasteiger partial charge in [-0.05, 0) is 39.0 Å². The van der Waals surface area contributed by atoms with Gasteiger partial charge in [-0.2, -0.15) is 0 Å². The van der Waals surface area contributed by atoms with Gasteiger partial charge in [-0.3, -0.25) is 14.4 Å². The first-order valence-corrected chi connectivity index (χ1v) is 5.96. The normalized spacial score (nSPS) is 10.9.